The van der Waals surface area contributed by atoms with Crippen molar-refractivity contribution in [3.63, 3.8) is 0 Å². The highest BCUT2D eigenvalue weighted by Gasteiger charge is 2.01. The van der Waals surface area contributed by atoms with Crippen molar-refractivity contribution in [3.05, 3.63) is 0 Å². The molecule has 0 aromatic rings. The molecule has 0 aliphatic rings. The summed E-state index contributed by atoms with van der Waals surface area (Å²) in [4.78, 5) is 0. The Bertz CT molecular complexity index is 264. The average Bonchev–Trinajstić information content (AvgIpc) is 2.07. The Kier molecular flexibility index (Phi) is 6.77. The SMILES string of the molecule is CCCNC(=S)NCCCS(N)(=O)=O. The van der Waals surface area contributed by atoms with Gasteiger partial charge < -0.3 is 10.6 Å². The quantitative estimate of drug-likeness (QED) is 0.431. The van der Waals surface area contributed by atoms with Crippen LogP contribution in [0.15, 0.2) is 0 Å². The largest absolute Gasteiger partial charge is 0.363 e. The molecule has 4 N–H and O–H groups in total. The molecular weight excluding hydrogens is 222 g/mol. The van der Waals surface area contributed by atoms with Crippen LogP contribution in [0.1, 0.15) is 19.8 Å². The second kappa shape index (κ2) is 6.97. The molecule has 0 saturated heterocycles. The lowest BCUT2D eigenvalue weighted by atomic mass is 10.5. The molecule has 0 bridgehead atoms. The highest BCUT2D eigenvalue weighted by molar-refractivity contribution is 7.89. The van der Waals surface area contributed by atoms with Crippen LogP contribution in [0.2, 0.25) is 0 Å². The maximum Gasteiger partial charge on any atom is 0.209 e. The Hall–Kier alpha value is -0.400. The number of rotatable bonds is 6. The normalized spacial score (nSPS) is 11.0. The Labute approximate surface area is 90.5 Å². The van der Waals surface area contributed by atoms with Crippen LogP contribution in [-0.4, -0.2) is 32.4 Å². The van der Waals surface area contributed by atoms with Crippen LogP contribution < -0.4 is 15.8 Å². The van der Waals surface area contributed by atoms with Crippen molar-refractivity contribution in [2.24, 2.45) is 5.14 Å². The zero-order chi connectivity index (χ0) is 11.0. The number of nitrogens with two attached hydrogens (primary N) is 1. The second-order valence-corrected chi connectivity index (χ2v) is 5.05. The molecule has 0 unspecified atom stereocenters. The number of hydrogen-bond donors (Lipinski definition) is 3. The fourth-order valence-corrected chi connectivity index (χ4v) is 1.53. The highest BCUT2D eigenvalue weighted by atomic mass is 32.2. The zero-order valence-corrected chi connectivity index (χ0v) is 9.88. The molecular formula is C7H17N3O2S2. The van der Waals surface area contributed by atoms with Crippen molar-refractivity contribution in [3.8, 4) is 0 Å². The first kappa shape index (κ1) is 13.6. The van der Waals surface area contributed by atoms with E-state index in [1.54, 1.807) is 0 Å². The zero-order valence-electron chi connectivity index (χ0n) is 8.25. The van der Waals surface area contributed by atoms with E-state index < -0.39 is 10.0 Å². The lowest BCUT2D eigenvalue weighted by Gasteiger charge is -2.08. The minimum Gasteiger partial charge on any atom is -0.363 e. The summed E-state index contributed by atoms with van der Waals surface area (Å²) in [6, 6.07) is 0. The van der Waals surface area contributed by atoms with Gasteiger partial charge in [0.05, 0.1) is 5.75 Å². The highest BCUT2D eigenvalue weighted by Crippen LogP contribution is 1.83. The monoisotopic (exact) mass is 239 g/mol. The van der Waals surface area contributed by atoms with Crippen LogP contribution in [0.5, 0.6) is 0 Å². The molecule has 0 aliphatic carbocycles. The van der Waals surface area contributed by atoms with Gasteiger partial charge in [0, 0.05) is 13.1 Å². The minimum absolute atomic E-state index is 0.0175. The molecule has 0 amide bonds. The summed E-state index contributed by atoms with van der Waals surface area (Å²) in [6.07, 6.45) is 1.46. The maximum atomic E-state index is 10.5. The van der Waals surface area contributed by atoms with Gasteiger partial charge in [-0.2, -0.15) is 0 Å². The van der Waals surface area contributed by atoms with Gasteiger partial charge in [0.25, 0.3) is 0 Å². The van der Waals surface area contributed by atoms with Gasteiger partial charge in [-0.15, -0.1) is 0 Å². The summed E-state index contributed by atoms with van der Waals surface area (Å²) in [5, 5.41) is 11.2. The molecule has 14 heavy (non-hydrogen) atoms. The smallest absolute Gasteiger partial charge is 0.209 e. The first-order valence-electron chi connectivity index (χ1n) is 4.48. The summed E-state index contributed by atoms with van der Waals surface area (Å²) in [7, 11) is -3.34. The lowest BCUT2D eigenvalue weighted by molar-refractivity contribution is 0.594. The predicted molar refractivity (Wildman–Crippen MR) is 61.5 cm³/mol. The molecule has 0 radical (unpaired) electrons. The Balaban J connectivity index is 3.41. The third-order valence-electron chi connectivity index (χ3n) is 1.43. The lowest BCUT2D eigenvalue weighted by Crippen LogP contribution is -2.36. The summed E-state index contributed by atoms with van der Waals surface area (Å²) in [5.74, 6) is -0.0175. The first-order valence-corrected chi connectivity index (χ1v) is 6.60. The number of thiocarbonyl (C=S) groups is 1. The van der Waals surface area contributed by atoms with Gasteiger partial charge in [-0.25, -0.2) is 13.6 Å². The predicted octanol–water partition coefficient (Wildman–Crippen LogP) is -0.461. The van der Waals surface area contributed by atoms with Crippen LogP contribution in [0, 0.1) is 0 Å². The van der Waals surface area contributed by atoms with Crippen LogP contribution in [0.3, 0.4) is 0 Å². The van der Waals surface area contributed by atoms with Gasteiger partial charge in [0.15, 0.2) is 5.11 Å². The maximum absolute atomic E-state index is 10.5. The van der Waals surface area contributed by atoms with Gasteiger partial charge in [0.1, 0.15) is 0 Å². The Morgan fingerprint density at radius 1 is 1.36 bits per heavy atom. The summed E-state index contributed by atoms with van der Waals surface area (Å²) < 4.78 is 21.1. The van der Waals surface area contributed by atoms with E-state index >= 15 is 0 Å². The molecule has 0 aliphatic heterocycles. The van der Waals surface area contributed by atoms with Gasteiger partial charge in [-0.1, -0.05) is 6.92 Å². The summed E-state index contributed by atoms with van der Waals surface area (Å²) >= 11 is 4.92. The van der Waals surface area contributed by atoms with Gasteiger partial charge >= 0.3 is 0 Å². The average molecular weight is 239 g/mol. The van der Waals surface area contributed by atoms with E-state index in [1.807, 2.05) is 6.92 Å². The van der Waals surface area contributed by atoms with Gasteiger partial charge in [-0.3, -0.25) is 0 Å². The molecule has 0 spiro atoms. The summed E-state index contributed by atoms with van der Waals surface area (Å²) in [6.45, 7) is 3.38. The van der Waals surface area contributed by atoms with Gasteiger partial charge in [-0.05, 0) is 25.1 Å². The first-order chi connectivity index (χ1) is 6.45. The third-order valence-corrected chi connectivity index (χ3v) is 2.57. The van der Waals surface area contributed by atoms with Crippen LogP contribution in [-0.2, 0) is 10.0 Å². The van der Waals surface area contributed by atoms with E-state index in [0.717, 1.165) is 13.0 Å². The van der Waals surface area contributed by atoms with Crippen molar-refractivity contribution in [2.75, 3.05) is 18.8 Å². The third kappa shape index (κ3) is 9.69. The van der Waals surface area contributed by atoms with E-state index in [9.17, 15) is 8.42 Å². The number of primary sulfonamides is 1. The molecule has 7 heteroatoms. The molecule has 0 aromatic carbocycles. The topological polar surface area (TPSA) is 84.2 Å². The molecule has 0 rings (SSSR count). The second-order valence-electron chi connectivity index (χ2n) is 2.90. The molecule has 0 saturated carbocycles. The van der Waals surface area contributed by atoms with Gasteiger partial charge in [0.2, 0.25) is 10.0 Å². The van der Waals surface area contributed by atoms with Crippen molar-refractivity contribution in [1.82, 2.24) is 10.6 Å². The molecule has 0 atom stereocenters. The fraction of sp³-hybridized carbons (Fsp3) is 0.857. The number of sulfonamides is 1. The van der Waals surface area contributed by atoms with E-state index in [-0.39, 0.29) is 5.75 Å². The van der Waals surface area contributed by atoms with Crippen LogP contribution in [0.25, 0.3) is 0 Å². The molecule has 0 fully saturated rings. The molecule has 5 nitrogen and oxygen atoms in total. The fourth-order valence-electron chi connectivity index (χ4n) is 0.776. The van der Waals surface area contributed by atoms with E-state index in [2.05, 4.69) is 10.6 Å². The number of hydrogen-bond acceptors (Lipinski definition) is 3. The molecule has 0 aromatic heterocycles. The van der Waals surface area contributed by atoms with Crippen molar-refractivity contribution >= 4 is 27.4 Å². The van der Waals surface area contributed by atoms with Crippen molar-refractivity contribution < 1.29 is 8.42 Å². The van der Waals surface area contributed by atoms with E-state index in [4.69, 9.17) is 17.4 Å². The van der Waals surface area contributed by atoms with E-state index in [0.29, 0.717) is 18.1 Å². The van der Waals surface area contributed by atoms with Crippen LogP contribution >= 0.6 is 12.2 Å². The minimum atomic E-state index is -3.34. The number of nitrogens with one attached hydrogen (secondary N) is 2. The van der Waals surface area contributed by atoms with E-state index in [1.165, 1.54) is 0 Å². The summed E-state index contributed by atoms with van der Waals surface area (Å²) in [5.41, 5.74) is 0. The molecule has 84 valence electrons. The Morgan fingerprint density at radius 3 is 2.43 bits per heavy atom. The standard InChI is InChI=1S/C7H17N3O2S2/c1-2-4-9-7(13)10-5-3-6-14(8,11)12/h2-6H2,1H3,(H2,8,11,12)(H2,9,10,13). The van der Waals surface area contributed by atoms with Crippen molar-refractivity contribution in [1.29, 1.82) is 0 Å². The van der Waals surface area contributed by atoms with Crippen molar-refractivity contribution in [2.45, 2.75) is 19.8 Å². The van der Waals surface area contributed by atoms with Crippen LogP contribution in [0.4, 0.5) is 0 Å². The molecule has 0 heterocycles. The Morgan fingerprint density at radius 2 is 1.93 bits per heavy atom.